The van der Waals surface area contributed by atoms with Crippen LogP contribution in [0.2, 0.25) is 0 Å². The number of carbonyl (C=O) groups excluding carboxylic acids is 1. The van der Waals surface area contributed by atoms with Gasteiger partial charge < -0.3 is 10.5 Å². The molecule has 0 saturated heterocycles. The Morgan fingerprint density at radius 2 is 2.29 bits per heavy atom. The Morgan fingerprint density at radius 1 is 1.57 bits per heavy atom. The van der Waals surface area contributed by atoms with Gasteiger partial charge in [-0.05, 0) is 18.6 Å². The van der Waals surface area contributed by atoms with E-state index >= 15 is 0 Å². The first-order valence-electron chi connectivity index (χ1n) is 4.10. The third-order valence-electron chi connectivity index (χ3n) is 1.55. The third-order valence-corrected chi connectivity index (χ3v) is 1.55. The molecule has 0 bridgehead atoms. The van der Waals surface area contributed by atoms with Gasteiger partial charge in [-0.1, -0.05) is 6.07 Å². The fourth-order valence-electron chi connectivity index (χ4n) is 0.871. The largest absolute Gasteiger partial charge is 0.461 e. The Balaban J connectivity index is 0.00000169. The standard InChI is InChI=1S/C9H12N2O2.ClH/c1-2-13-9(12)8-4-3-7(5-10)6-11-8;/h3-4,6H,2,5,10H2,1H3;1H. The first-order valence-corrected chi connectivity index (χ1v) is 4.10. The smallest absolute Gasteiger partial charge is 0.356 e. The van der Waals surface area contributed by atoms with Crippen LogP contribution >= 0.6 is 12.4 Å². The lowest BCUT2D eigenvalue weighted by atomic mass is 10.2. The quantitative estimate of drug-likeness (QED) is 0.770. The summed E-state index contributed by atoms with van der Waals surface area (Å²) in [7, 11) is 0. The minimum atomic E-state index is -0.397. The molecule has 0 aliphatic rings. The highest BCUT2D eigenvalue weighted by Crippen LogP contribution is 2.00. The van der Waals surface area contributed by atoms with Crippen molar-refractivity contribution in [3.8, 4) is 0 Å². The molecule has 14 heavy (non-hydrogen) atoms. The van der Waals surface area contributed by atoms with Crippen LogP contribution in [0.15, 0.2) is 18.3 Å². The predicted octanol–water partition coefficient (Wildman–Crippen LogP) is 1.14. The van der Waals surface area contributed by atoms with Crippen LogP contribution in [0.5, 0.6) is 0 Å². The molecule has 0 spiro atoms. The molecule has 0 radical (unpaired) electrons. The van der Waals surface area contributed by atoms with Crippen molar-refractivity contribution in [1.29, 1.82) is 0 Å². The van der Waals surface area contributed by atoms with Gasteiger partial charge in [0.25, 0.3) is 0 Å². The Hall–Kier alpha value is -1.13. The van der Waals surface area contributed by atoms with Crippen molar-refractivity contribution >= 4 is 18.4 Å². The number of halogens is 1. The molecule has 0 atom stereocenters. The molecule has 0 aliphatic carbocycles. The minimum absolute atomic E-state index is 0. The van der Waals surface area contributed by atoms with Crippen LogP contribution in [0.1, 0.15) is 23.0 Å². The third kappa shape index (κ3) is 3.32. The molecule has 0 aliphatic heterocycles. The second-order valence-corrected chi connectivity index (χ2v) is 2.48. The summed E-state index contributed by atoms with van der Waals surface area (Å²) in [5, 5.41) is 0. The van der Waals surface area contributed by atoms with E-state index in [2.05, 4.69) is 4.98 Å². The lowest BCUT2D eigenvalue weighted by Gasteiger charge is -2.01. The molecule has 1 aromatic rings. The zero-order chi connectivity index (χ0) is 9.68. The molecule has 0 unspecified atom stereocenters. The number of rotatable bonds is 3. The van der Waals surface area contributed by atoms with E-state index in [1.165, 1.54) is 0 Å². The number of ether oxygens (including phenoxy) is 1. The summed E-state index contributed by atoms with van der Waals surface area (Å²) in [5.74, 6) is -0.397. The van der Waals surface area contributed by atoms with E-state index in [-0.39, 0.29) is 12.4 Å². The maximum absolute atomic E-state index is 11.1. The predicted molar refractivity (Wildman–Crippen MR) is 55.3 cm³/mol. The van der Waals surface area contributed by atoms with E-state index in [4.69, 9.17) is 10.5 Å². The summed E-state index contributed by atoms with van der Waals surface area (Å²) in [4.78, 5) is 15.0. The lowest BCUT2D eigenvalue weighted by molar-refractivity contribution is 0.0519. The molecule has 0 amide bonds. The van der Waals surface area contributed by atoms with Crippen molar-refractivity contribution in [1.82, 2.24) is 4.98 Å². The van der Waals surface area contributed by atoms with Gasteiger partial charge in [-0.3, -0.25) is 0 Å². The zero-order valence-corrected chi connectivity index (χ0v) is 8.71. The number of nitrogens with two attached hydrogens (primary N) is 1. The second kappa shape index (κ2) is 6.34. The summed E-state index contributed by atoms with van der Waals surface area (Å²) in [6, 6.07) is 3.37. The zero-order valence-electron chi connectivity index (χ0n) is 7.90. The van der Waals surface area contributed by atoms with Gasteiger partial charge in [-0.25, -0.2) is 9.78 Å². The van der Waals surface area contributed by atoms with Gasteiger partial charge in [0.15, 0.2) is 0 Å². The van der Waals surface area contributed by atoms with Crippen molar-refractivity contribution in [2.24, 2.45) is 5.73 Å². The molecule has 2 N–H and O–H groups in total. The maximum Gasteiger partial charge on any atom is 0.356 e. The van der Waals surface area contributed by atoms with Crippen LogP contribution in [-0.2, 0) is 11.3 Å². The Morgan fingerprint density at radius 3 is 2.71 bits per heavy atom. The van der Waals surface area contributed by atoms with Gasteiger partial charge in [-0.15, -0.1) is 12.4 Å². The van der Waals surface area contributed by atoms with Crippen molar-refractivity contribution < 1.29 is 9.53 Å². The summed E-state index contributed by atoms with van der Waals surface area (Å²) in [6.07, 6.45) is 1.58. The van der Waals surface area contributed by atoms with Crippen LogP contribution < -0.4 is 5.73 Å². The number of pyridine rings is 1. The minimum Gasteiger partial charge on any atom is -0.461 e. The van der Waals surface area contributed by atoms with Gasteiger partial charge in [0.1, 0.15) is 5.69 Å². The van der Waals surface area contributed by atoms with Gasteiger partial charge in [0.05, 0.1) is 6.61 Å². The number of esters is 1. The van der Waals surface area contributed by atoms with E-state index in [0.29, 0.717) is 18.8 Å². The molecule has 1 heterocycles. The molecule has 0 fully saturated rings. The summed E-state index contributed by atoms with van der Waals surface area (Å²) in [5.41, 5.74) is 6.59. The second-order valence-electron chi connectivity index (χ2n) is 2.48. The Kier molecular flexibility index (Phi) is 5.83. The van der Waals surface area contributed by atoms with E-state index in [0.717, 1.165) is 5.56 Å². The molecule has 5 heteroatoms. The molecule has 4 nitrogen and oxygen atoms in total. The van der Waals surface area contributed by atoms with Crippen molar-refractivity contribution in [2.45, 2.75) is 13.5 Å². The van der Waals surface area contributed by atoms with E-state index in [1.54, 1.807) is 25.3 Å². The first-order chi connectivity index (χ1) is 6.27. The van der Waals surface area contributed by atoms with E-state index < -0.39 is 5.97 Å². The summed E-state index contributed by atoms with van der Waals surface area (Å²) in [6.45, 7) is 2.54. The van der Waals surface area contributed by atoms with Gasteiger partial charge in [0.2, 0.25) is 0 Å². The normalized spacial score (nSPS) is 9.00. The van der Waals surface area contributed by atoms with E-state index in [1.807, 2.05) is 0 Å². The van der Waals surface area contributed by atoms with Crippen molar-refractivity contribution in [3.63, 3.8) is 0 Å². The molecular formula is C9H13ClN2O2. The fourth-order valence-corrected chi connectivity index (χ4v) is 0.871. The lowest BCUT2D eigenvalue weighted by Crippen LogP contribution is -2.07. The molecule has 78 valence electrons. The van der Waals surface area contributed by atoms with Crippen molar-refractivity contribution in [2.75, 3.05) is 6.61 Å². The Bertz CT molecular complexity index is 287. The highest BCUT2D eigenvalue weighted by atomic mass is 35.5. The number of nitrogens with zero attached hydrogens (tertiary/aromatic N) is 1. The molecular weight excluding hydrogens is 204 g/mol. The molecule has 1 aromatic heterocycles. The van der Waals surface area contributed by atoms with Gasteiger partial charge >= 0.3 is 5.97 Å². The first kappa shape index (κ1) is 12.9. The Labute approximate surface area is 88.9 Å². The molecule has 0 aromatic carbocycles. The molecule has 1 rings (SSSR count). The summed E-state index contributed by atoms with van der Waals surface area (Å²) < 4.78 is 4.77. The SMILES string of the molecule is CCOC(=O)c1ccc(CN)cn1.Cl. The van der Waals surface area contributed by atoms with Crippen LogP contribution in [0, 0.1) is 0 Å². The van der Waals surface area contributed by atoms with Crippen LogP contribution in [-0.4, -0.2) is 17.6 Å². The average Bonchev–Trinajstić information content (AvgIpc) is 2.18. The summed E-state index contributed by atoms with van der Waals surface area (Å²) >= 11 is 0. The number of aromatic nitrogens is 1. The number of carbonyl (C=O) groups is 1. The number of hydrogen-bond donors (Lipinski definition) is 1. The maximum atomic E-state index is 11.1. The number of hydrogen-bond acceptors (Lipinski definition) is 4. The van der Waals surface area contributed by atoms with Crippen LogP contribution in [0.3, 0.4) is 0 Å². The highest BCUT2D eigenvalue weighted by molar-refractivity contribution is 5.87. The topological polar surface area (TPSA) is 65.2 Å². The fraction of sp³-hybridized carbons (Fsp3) is 0.333. The average molecular weight is 217 g/mol. The van der Waals surface area contributed by atoms with Crippen molar-refractivity contribution in [3.05, 3.63) is 29.6 Å². The van der Waals surface area contributed by atoms with Gasteiger partial charge in [0, 0.05) is 12.7 Å². The highest BCUT2D eigenvalue weighted by Gasteiger charge is 2.06. The molecule has 0 saturated carbocycles. The monoisotopic (exact) mass is 216 g/mol. The van der Waals surface area contributed by atoms with Crippen LogP contribution in [0.4, 0.5) is 0 Å². The van der Waals surface area contributed by atoms with E-state index in [9.17, 15) is 4.79 Å². The van der Waals surface area contributed by atoms with Gasteiger partial charge in [-0.2, -0.15) is 0 Å². The van der Waals surface area contributed by atoms with Crippen LogP contribution in [0.25, 0.3) is 0 Å².